The van der Waals surface area contributed by atoms with Crippen LogP contribution in [-0.2, 0) is 5.54 Å². The zero-order valence-electron chi connectivity index (χ0n) is 22.4. The summed E-state index contributed by atoms with van der Waals surface area (Å²) in [6.45, 7) is 6.66. The van der Waals surface area contributed by atoms with Crippen LogP contribution in [-0.4, -0.2) is 37.9 Å². The standard InChI is InChI=1S/C27H26ClF3N8/c1-26(2,3)14-35-21-15(11-32)12-34-22-18(21)9-16(10-19(22)28)36-23(17-5-4-8-33-24(17)29)20-13-39(38-37-20)27(6-7-27)25(30)31/h4-5,8-10,12-13,23,25,36H,6-7,14H2,1-3H3,(H,34,35)/i23D. The molecule has 1 saturated carbocycles. The minimum Gasteiger partial charge on any atom is -0.383 e. The molecule has 2 N–H and O–H groups in total. The number of hydrogen-bond acceptors (Lipinski definition) is 7. The van der Waals surface area contributed by atoms with E-state index in [0.717, 1.165) is 4.68 Å². The topological polar surface area (TPSA) is 104 Å². The zero-order chi connectivity index (χ0) is 28.9. The van der Waals surface area contributed by atoms with Crippen molar-refractivity contribution in [2.24, 2.45) is 5.41 Å². The van der Waals surface area contributed by atoms with Crippen LogP contribution in [0.25, 0.3) is 10.9 Å². The molecule has 5 rings (SSSR count). The first kappa shape index (κ1) is 25.4. The van der Waals surface area contributed by atoms with Gasteiger partial charge < -0.3 is 10.6 Å². The number of benzene rings is 1. The Kier molecular flexibility index (Phi) is 6.51. The summed E-state index contributed by atoms with van der Waals surface area (Å²) in [5.74, 6) is -0.942. The Bertz CT molecular complexity index is 1630. The van der Waals surface area contributed by atoms with Gasteiger partial charge in [0.2, 0.25) is 5.95 Å². The molecule has 0 amide bonds. The van der Waals surface area contributed by atoms with Gasteiger partial charge in [-0.15, -0.1) is 5.10 Å². The highest BCUT2D eigenvalue weighted by Crippen LogP contribution is 2.48. The summed E-state index contributed by atoms with van der Waals surface area (Å²) in [6.07, 6.45) is 1.66. The van der Waals surface area contributed by atoms with E-state index in [1.165, 1.54) is 36.8 Å². The van der Waals surface area contributed by atoms with E-state index < -0.39 is 23.9 Å². The number of alkyl halides is 2. The van der Waals surface area contributed by atoms with Gasteiger partial charge in [0.15, 0.2) is 0 Å². The van der Waals surface area contributed by atoms with Crippen molar-refractivity contribution < 1.29 is 14.5 Å². The van der Waals surface area contributed by atoms with Gasteiger partial charge in [0.25, 0.3) is 6.43 Å². The van der Waals surface area contributed by atoms with Crippen LogP contribution in [0.5, 0.6) is 0 Å². The number of pyridine rings is 2. The molecule has 12 heteroatoms. The SMILES string of the molecule is [2H]C(Nc1cc(Cl)c2ncc(C#N)c(NCC(C)(C)C)c2c1)(c1cn(C2(C(F)F)CC2)nn1)c1cccnc1F. The van der Waals surface area contributed by atoms with Crippen LogP contribution in [0.1, 0.15) is 57.8 Å². The van der Waals surface area contributed by atoms with Gasteiger partial charge in [0, 0.05) is 35.6 Å². The van der Waals surface area contributed by atoms with E-state index in [9.17, 15) is 15.4 Å². The van der Waals surface area contributed by atoms with Crippen LogP contribution in [0.3, 0.4) is 0 Å². The Labute approximate surface area is 229 Å². The molecule has 3 heterocycles. The van der Waals surface area contributed by atoms with Crippen molar-refractivity contribution in [2.75, 3.05) is 17.2 Å². The fourth-order valence-electron chi connectivity index (χ4n) is 4.22. The lowest BCUT2D eigenvalue weighted by Gasteiger charge is -2.22. The minimum atomic E-state index is -2.68. The van der Waals surface area contributed by atoms with Gasteiger partial charge in [-0.25, -0.2) is 18.4 Å². The van der Waals surface area contributed by atoms with Crippen LogP contribution in [0.15, 0.2) is 42.9 Å². The number of nitrogens with zero attached hydrogens (tertiary/aromatic N) is 6. The summed E-state index contributed by atoms with van der Waals surface area (Å²) < 4.78 is 53.0. The second-order valence-electron chi connectivity index (χ2n) is 10.7. The molecule has 1 aromatic carbocycles. The molecular formula is C27H26ClF3N8. The second-order valence-corrected chi connectivity index (χ2v) is 11.1. The van der Waals surface area contributed by atoms with E-state index in [4.69, 9.17) is 11.6 Å². The first-order chi connectivity index (χ1) is 18.9. The van der Waals surface area contributed by atoms with E-state index in [2.05, 4.69) is 37.0 Å². The van der Waals surface area contributed by atoms with Crippen molar-refractivity contribution >= 4 is 33.9 Å². The third kappa shape index (κ3) is 5.21. The predicted molar refractivity (Wildman–Crippen MR) is 142 cm³/mol. The fraction of sp³-hybridized carbons (Fsp3) is 0.370. The lowest BCUT2D eigenvalue weighted by Crippen LogP contribution is -2.26. The van der Waals surface area contributed by atoms with Crippen molar-refractivity contribution in [3.63, 3.8) is 0 Å². The maximum atomic E-state index is 15.0. The van der Waals surface area contributed by atoms with Crippen LogP contribution >= 0.6 is 11.6 Å². The molecule has 1 unspecified atom stereocenters. The van der Waals surface area contributed by atoms with E-state index in [1.54, 1.807) is 6.07 Å². The Morgan fingerprint density at radius 1 is 1.28 bits per heavy atom. The highest BCUT2D eigenvalue weighted by molar-refractivity contribution is 6.35. The van der Waals surface area contributed by atoms with Gasteiger partial charge in [0.05, 0.1) is 29.4 Å². The van der Waals surface area contributed by atoms with Gasteiger partial charge in [-0.05, 0) is 36.5 Å². The van der Waals surface area contributed by atoms with E-state index in [1.807, 2.05) is 20.8 Å². The smallest absolute Gasteiger partial charge is 0.263 e. The fourth-order valence-corrected chi connectivity index (χ4v) is 4.49. The van der Waals surface area contributed by atoms with Crippen molar-refractivity contribution in [3.05, 3.63) is 70.6 Å². The number of nitrogens with one attached hydrogen (secondary N) is 2. The molecule has 202 valence electrons. The lowest BCUT2D eigenvalue weighted by atomic mass is 9.96. The Hall–Kier alpha value is -3.91. The number of anilines is 2. The summed E-state index contributed by atoms with van der Waals surface area (Å²) in [7, 11) is 0. The maximum Gasteiger partial charge on any atom is 0.263 e. The molecule has 3 aromatic heterocycles. The lowest BCUT2D eigenvalue weighted by molar-refractivity contribution is 0.0593. The molecule has 1 aliphatic rings. The molecule has 1 atom stereocenters. The van der Waals surface area contributed by atoms with Crippen LogP contribution in [0.2, 0.25) is 5.02 Å². The summed E-state index contributed by atoms with van der Waals surface area (Å²) >= 11 is 6.60. The van der Waals surface area contributed by atoms with Crippen molar-refractivity contribution in [1.29, 1.82) is 5.26 Å². The first-order valence-corrected chi connectivity index (χ1v) is 12.6. The molecule has 4 aromatic rings. The number of hydrogen-bond donors (Lipinski definition) is 2. The van der Waals surface area contributed by atoms with E-state index in [-0.39, 0.29) is 40.2 Å². The third-order valence-electron chi connectivity index (χ3n) is 6.51. The highest BCUT2D eigenvalue weighted by atomic mass is 35.5. The highest BCUT2D eigenvalue weighted by Gasteiger charge is 2.54. The van der Waals surface area contributed by atoms with Crippen LogP contribution < -0.4 is 10.6 Å². The maximum absolute atomic E-state index is 15.0. The largest absolute Gasteiger partial charge is 0.383 e. The van der Waals surface area contributed by atoms with Crippen molar-refractivity contribution in [2.45, 2.75) is 51.6 Å². The van der Waals surface area contributed by atoms with Crippen molar-refractivity contribution in [1.82, 2.24) is 25.0 Å². The summed E-state index contributed by atoms with van der Waals surface area (Å²) in [4.78, 5) is 8.02. The Morgan fingerprint density at radius 3 is 2.69 bits per heavy atom. The molecular weight excluding hydrogens is 529 g/mol. The first-order valence-electron chi connectivity index (χ1n) is 12.7. The molecule has 0 aliphatic heterocycles. The molecule has 1 aliphatic carbocycles. The van der Waals surface area contributed by atoms with Gasteiger partial charge in [-0.3, -0.25) is 4.98 Å². The van der Waals surface area contributed by atoms with Gasteiger partial charge in [0.1, 0.15) is 23.3 Å². The number of nitriles is 1. The van der Waals surface area contributed by atoms with E-state index in [0.29, 0.717) is 28.7 Å². The van der Waals surface area contributed by atoms with Crippen molar-refractivity contribution in [3.8, 4) is 6.07 Å². The molecule has 39 heavy (non-hydrogen) atoms. The average Bonchev–Trinajstić information content (AvgIpc) is 3.56. The molecule has 8 nitrogen and oxygen atoms in total. The van der Waals surface area contributed by atoms with Crippen LogP contribution in [0.4, 0.5) is 24.5 Å². The molecule has 0 bridgehead atoms. The average molecular weight is 556 g/mol. The summed E-state index contributed by atoms with van der Waals surface area (Å²) in [6, 6.07) is 5.97. The molecule has 0 saturated heterocycles. The predicted octanol–water partition coefficient (Wildman–Crippen LogP) is 6.30. The van der Waals surface area contributed by atoms with Crippen LogP contribution in [0, 0.1) is 22.7 Å². The van der Waals surface area contributed by atoms with Gasteiger partial charge in [-0.2, -0.15) is 9.65 Å². The molecule has 0 radical (unpaired) electrons. The Balaban J connectivity index is 1.64. The zero-order valence-corrected chi connectivity index (χ0v) is 22.2. The normalized spacial score (nSPS) is 16.4. The number of aromatic nitrogens is 5. The second kappa shape index (κ2) is 10.0. The quantitative estimate of drug-likeness (QED) is 0.246. The molecule has 1 fully saturated rings. The van der Waals surface area contributed by atoms with E-state index >= 15 is 4.39 Å². The third-order valence-corrected chi connectivity index (χ3v) is 6.80. The number of rotatable bonds is 8. The Morgan fingerprint density at radius 2 is 2.05 bits per heavy atom. The van der Waals surface area contributed by atoms with Gasteiger partial charge in [-0.1, -0.05) is 43.7 Å². The summed E-state index contributed by atoms with van der Waals surface area (Å²) in [5.41, 5.74) is -0.411. The monoisotopic (exact) mass is 555 g/mol. The molecule has 0 spiro atoms. The minimum absolute atomic E-state index is 0.112. The number of fused-ring (bicyclic) bond motifs is 1. The number of halogens is 4. The van der Waals surface area contributed by atoms with Gasteiger partial charge >= 0.3 is 0 Å². The summed E-state index contributed by atoms with van der Waals surface area (Å²) in [5, 5.41) is 24.7.